The third-order valence-corrected chi connectivity index (χ3v) is 15.6. The molecule has 2 aliphatic carbocycles. The van der Waals surface area contributed by atoms with E-state index in [9.17, 15) is 0 Å². The van der Waals surface area contributed by atoms with E-state index in [1.165, 1.54) is 99.3 Å². The molecule has 10 aromatic carbocycles. The van der Waals surface area contributed by atoms with Gasteiger partial charge in [0.2, 0.25) is 0 Å². The van der Waals surface area contributed by atoms with Gasteiger partial charge in [-0.2, -0.15) is 0 Å². The van der Waals surface area contributed by atoms with Crippen LogP contribution in [0.1, 0.15) is 74.9 Å². The number of rotatable bonds is 4. The molecule has 0 unspecified atom stereocenters. The highest BCUT2D eigenvalue weighted by Crippen LogP contribution is 2.57. The maximum Gasteiger partial charge on any atom is 0.0509 e. The number of benzene rings is 10. The lowest BCUT2D eigenvalue weighted by Crippen LogP contribution is -2.31. The van der Waals surface area contributed by atoms with Crippen molar-refractivity contribution in [3.8, 4) is 22.3 Å². The Morgan fingerprint density at radius 1 is 0.292 bits per heavy atom. The van der Waals surface area contributed by atoms with Gasteiger partial charge in [-0.25, -0.2) is 0 Å². The van der Waals surface area contributed by atoms with Crippen LogP contribution in [-0.4, -0.2) is 0 Å². The maximum absolute atomic E-state index is 2.53. The first-order chi connectivity index (χ1) is 31.5. The van der Waals surface area contributed by atoms with Crippen LogP contribution < -0.4 is 9.80 Å². The quantitative estimate of drug-likeness (QED) is 0.163. The molecule has 0 amide bonds. The molecule has 1 heterocycles. The van der Waals surface area contributed by atoms with Crippen molar-refractivity contribution in [2.45, 2.75) is 57.8 Å². The SMILES string of the molecule is CC1(C)c2ccccc2-c2ccc(N(c3ccc4c(c3)C(C)(C)c3ccccc3-4)c3ccc4c(c3)C(C)(C)c3cc5c6ccccc6c6ccccc6c5cc3N4c3ccccc3)cc21. The zero-order chi connectivity index (χ0) is 44.0. The molecule has 0 fully saturated rings. The second kappa shape index (κ2) is 13.3. The van der Waals surface area contributed by atoms with Gasteiger partial charge in [0.15, 0.2) is 0 Å². The third kappa shape index (κ3) is 5.23. The summed E-state index contributed by atoms with van der Waals surface area (Å²) in [7, 11) is 0. The first kappa shape index (κ1) is 38.1. The highest BCUT2D eigenvalue weighted by atomic mass is 15.2. The van der Waals surface area contributed by atoms with Crippen molar-refractivity contribution in [3.63, 3.8) is 0 Å². The molecule has 0 spiro atoms. The van der Waals surface area contributed by atoms with E-state index < -0.39 is 0 Å². The predicted octanol–water partition coefficient (Wildman–Crippen LogP) is 17.3. The summed E-state index contributed by atoms with van der Waals surface area (Å²) >= 11 is 0. The van der Waals surface area contributed by atoms with E-state index in [0.717, 1.165) is 22.7 Å². The fourth-order valence-electron chi connectivity index (χ4n) is 12.2. The fraction of sp³-hybridized carbons (Fsp3) is 0.143. The van der Waals surface area contributed by atoms with Gasteiger partial charge in [-0.3, -0.25) is 0 Å². The predicted molar refractivity (Wildman–Crippen MR) is 276 cm³/mol. The van der Waals surface area contributed by atoms with Crippen LogP contribution in [-0.2, 0) is 16.2 Å². The maximum atomic E-state index is 2.53. The van der Waals surface area contributed by atoms with Gasteiger partial charge >= 0.3 is 0 Å². The Balaban J connectivity index is 1.05. The second-order valence-corrected chi connectivity index (χ2v) is 20.1. The number of nitrogens with zero attached hydrogens (tertiary/aromatic N) is 2. The fourth-order valence-corrected chi connectivity index (χ4v) is 12.2. The third-order valence-electron chi connectivity index (χ3n) is 15.6. The summed E-state index contributed by atoms with van der Waals surface area (Å²) in [5.74, 6) is 0. The van der Waals surface area contributed by atoms with E-state index >= 15 is 0 Å². The first-order valence-electron chi connectivity index (χ1n) is 23.2. The van der Waals surface area contributed by atoms with Crippen molar-refractivity contribution in [3.05, 3.63) is 228 Å². The van der Waals surface area contributed by atoms with Gasteiger partial charge in [-0.05, 0) is 155 Å². The molecule has 65 heavy (non-hydrogen) atoms. The standard InChI is InChI=1S/C63H50N2/c1-61(2)53-26-16-14-24-47(53)49-31-28-40(34-55(49)61)64(41-29-32-50-48-25-15-17-27-54(48)62(3,4)56(50)35-41)42-30-33-59-57(36-42)63(5,6)58-37-51-45-22-12-10-20-43(45)44-21-11-13-23-46(44)52(51)38-60(58)65(59)39-18-8-7-9-19-39/h7-38H,1-6H3. The Hall–Kier alpha value is -7.42. The zero-order valence-electron chi connectivity index (χ0n) is 37.9. The van der Waals surface area contributed by atoms with Crippen LogP contribution in [0.2, 0.25) is 0 Å². The van der Waals surface area contributed by atoms with E-state index in [4.69, 9.17) is 0 Å². The molecule has 13 rings (SSSR count). The number of hydrogen-bond donors (Lipinski definition) is 0. The average Bonchev–Trinajstić information content (AvgIpc) is 3.71. The summed E-state index contributed by atoms with van der Waals surface area (Å²) in [5.41, 5.74) is 19.9. The summed E-state index contributed by atoms with van der Waals surface area (Å²) in [6.07, 6.45) is 0. The molecule has 0 atom stereocenters. The lowest BCUT2D eigenvalue weighted by Gasteiger charge is -2.43. The first-order valence-corrected chi connectivity index (χ1v) is 23.2. The van der Waals surface area contributed by atoms with Gasteiger partial charge < -0.3 is 9.80 Å². The molecular weight excluding hydrogens is 785 g/mol. The summed E-state index contributed by atoms with van der Waals surface area (Å²) < 4.78 is 0. The Morgan fingerprint density at radius 3 is 1.22 bits per heavy atom. The monoisotopic (exact) mass is 834 g/mol. The van der Waals surface area contributed by atoms with Gasteiger partial charge in [0.25, 0.3) is 0 Å². The minimum Gasteiger partial charge on any atom is -0.310 e. The van der Waals surface area contributed by atoms with Crippen molar-refractivity contribution in [1.82, 2.24) is 0 Å². The second-order valence-electron chi connectivity index (χ2n) is 20.1. The summed E-state index contributed by atoms with van der Waals surface area (Å²) in [5, 5.41) is 7.74. The van der Waals surface area contributed by atoms with Crippen molar-refractivity contribution >= 4 is 66.4 Å². The van der Waals surface area contributed by atoms with E-state index in [2.05, 4.69) is 245 Å². The Bertz CT molecular complexity index is 3540. The molecule has 0 saturated heterocycles. The number of para-hydroxylation sites is 1. The lowest BCUT2D eigenvalue weighted by atomic mass is 9.72. The van der Waals surface area contributed by atoms with E-state index in [-0.39, 0.29) is 16.2 Å². The number of anilines is 6. The highest BCUT2D eigenvalue weighted by Gasteiger charge is 2.40. The van der Waals surface area contributed by atoms with Crippen LogP contribution in [0, 0.1) is 0 Å². The Labute approximate surface area is 382 Å². The van der Waals surface area contributed by atoms with E-state index in [0.29, 0.717) is 0 Å². The zero-order valence-corrected chi connectivity index (χ0v) is 37.9. The van der Waals surface area contributed by atoms with Crippen molar-refractivity contribution in [2.24, 2.45) is 0 Å². The van der Waals surface area contributed by atoms with Crippen LogP contribution in [0.4, 0.5) is 34.1 Å². The highest BCUT2D eigenvalue weighted by molar-refractivity contribution is 6.26. The van der Waals surface area contributed by atoms with Gasteiger partial charge in [0, 0.05) is 39.0 Å². The Kier molecular flexibility index (Phi) is 7.80. The normalized spacial score (nSPS) is 15.6. The van der Waals surface area contributed by atoms with Gasteiger partial charge in [-0.1, -0.05) is 169 Å². The molecule has 2 nitrogen and oxygen atoms in total. The van der Waals surface area contributed by atoms with Crippen LogP contribution >= 0.6 is 0 Å². The van der Waals surface area contributed by atoms with Crippen LogP contribution in [0.3, 0.4) is 0 Å². The number of fused-ring (bicyclic) bond motifs is 14. The average molecular weight is 835 g/mol. The summed E-state index contributed by atoms with van der Waals surface area (Å²) in [6, 6.07) is 73.3. The molecule has 0 aromatic heterocycles. The molecule has 1 aliphatic heterocycles. The van der Waals surface area contributed by atoms with Crippen LogP contribution in [0.5, 0.6) is 0 Å². The molecule has 0 bridgehead atoms. The topological polar surface area (TPSA) is 6.48 Å². The van der Waals surface area contributed by atoms with Crippen LogP contribution in [0.25, 0.3) is 54.6 Å². The lowest BCUT2D eigenvalue weighted by molar-refractivity contribution is 0.633. The summed E-state index contributed by atoms with van der Waals surface area (Å²) in [4.78, 5) is 5.04. The van der Waals surface area contributed by atoms with Crippen LogP contribution in [0.15, 0.2) is 194 Å². The Morgan fingerprint density at radius 2 is 0.677 bits per heavy atom. The molecule has 0 saturated carbocycles. The van der Waals surface area contributed by atoms with Gasteiger partial charge in [0.1, 0.15) is 0 Å². The molecule has 2 heteroatoms. The van der Waals surface area contributed by atoms with Crippen molar-refractivity contribution in [2.75, 3.05) is 9.80 Å². The molecular formula is C63H50N2. The minimum atomic E-state index is -0.346. The number of hydrogen-bond acceptors (Lipinski definition) is 2. The van der Waals surface area contributed by atoms with Gasteiger partial charge in [-0.15, -0.1) is 0 Å². The molecule has 312 valence electrons. The smallest absolute Gasteiger partial charge is 0.0509 e. The van der Waals surface area contributed by atoms with E-state index in [1.54, 1.807) is 0 Å². The summed E-state index contributed by atoms with van der Waals surface area (Å²) in [6.45, 7) is 14.4. The largest absolute Gasteiger partial charge is 0.310 e. The van der Waals surface area contributed by atoms with Crippen molar-refractivity contribution < 1.29 is 0 Å². The molecule has 3 aliphatic rings. The molecule has 10 aromatic rings. The molecule has 0 N–H and O–H groups in total. The molecule has 0 radical (unpaired) electrons. The van der Waals surface area contributed by atoms with E-state index in [1.807, 2.05) is 0 Å². The van der Waals surface area contributed by atoms with Crippen molar-refractivity contribution in [1.29, 1.82) is 0 Å². The van der Waals surface area contributed by atoms with Gasteiger partial charge in [0.05, 0.1) is 11.4 Å². The minimum absolute atomic E-state index is 0.134.